The Morgan fingerprint density at radius 3 is 2.78 bits per heavy atom. The molecule has 3 aromatic rings. The van der Waals surface area contributed by atoms with Gasteiger partial charge in [0, 0.05) is 10.9 Å². The van der Waals surface area contributed by atoms with Crippen LogP contribution in [0.1, 0.15) is 10.5 Å². The maximum atomic E-state index is 11.7. The van der Waals surface area contributed by atoms with E-state index in [1.165, 1.54) is 12.5 Å². The Kier molecular flexibility index (Phi) is 2.74. The molecule has 4 heteroatoms. The van der Waals surface area contributed by atoms with E-state index in [0.29, 0.717) is 5.69 Å². The van der Waals surface area contributed by atoms with Crippen LogP contribution in [-0.4, -0.2) is 18.1 Å². The maximum Gasteiger partial charge on any atom is 0.355 e. The molecule has 1 aromatic heterocycles. The van der Waals surface area contributed by atoms with Crippen LogP contribution in [0.4, 0.5) is 0 Å². The SMILES string of the molecule is COC(=O)c1[nH]c2ccc3ccccc3c2c1I. The molecule has 3 rings (SSSR count). The molecule has 18 heavy (non-hydrogen) atoms. The van der Waals surface area contributed by atoms with Gasteiger partial charge in [-0.2, -0.15) is 0 Å². The number of hydrogen-bond acceptors (Lipinski definition) is 2. The van der Waals surface area contributed by atoms with E-state index in [2.05, 4.69) is 39.7 Å². The molecule has 90 valence electrons. The Hall–Kier alpha value is -1.56. The lowest BCUT2D eigenvalue weighted by Crippen LogP contribution is -2.02. The summed E-state index contributed by atoms with van der Waals surface area (Å²) in [7, 11) is 1.39. The summed E-state index contributed by atoms with van der Waals surface area (Å²) < 4.78 is 5.69. The summed E-state index contributed by atoms with van der Waals surface area (Å²) in [5, 5.41) is 3.39. The fourth-order valence-corrected chi connectivity index (χ4v) is 3.11. The minimum atomic E-state index is -0.334. The van der Waals surface area contributed by atoms with Gasteiger partial charge in [0.25, 0.3) is 0 Å². The van der Waals surface area contributed by atoms with Crippen LogP contribution in [0.5, 0.6) is 0 Å². The zero-order valence-corrected chi connectivity index (χ0v) is 11.8. The molecule has 0 atom stereocenters. The summed E-state index contributed by atoms with van der Waals surface area (Å²) in [5.41, 5.74) is 1.47. The van der Waals surface area contributed by atoms with E-state index in [4.69, 9.17) is 4.74 Å². The van der Waals surface area contributed by atoms with Gasteiger partial charge >= 0.3 is 5.97 Å². The summed E-state index contributed by atoms with van der Waals surface area (Å²) in [4.78, 5) is 14.8. The van der Waals surface area contributed by atoms with Crippen LogP contribution in [0.2, 0.25) is 0 Å². The molecular weight excluding hydrogens is 341 g/mol. The van der Waals surface area contributed by atoms with Crippen molar-refractivity contribution in [2.75, 3.05) is 7.11 Å². The van der Waals surface area contributed by atoms with Gasteiger partial charge in [0.1, 0.15) is 5.69 Å². The van der Waals surface area contributed by atoms with Crippen LogP contribution in [0, 0.1) is 3.57 Å². The van der Waals surface area contributed by atoms with Gasteiger partial charge in [-0.1, -0.05) is 30.3 Å². The van der Waals surface area contributed by atoms with Gasteiger partial charge in [-0.05, 0) is 39.4 Å². The molecule has 0 aliphatic heterocycles. The number of H-pyrrole nitrogens is 1. The van der Waals surface area contributed by atoms with Crippen molar-refractivity contribution in [3.8, 4) is 0 Å². The number of rotatable bonds is 1. The highest BCUT2D eigenvalue weighted by Gasteiger charge is 2.17. The fourth-order valence-electron chi connectivity index (χ4n) is 2.17. The molecule has 0 fully saturated rings. The van der Waals surface area contributed by atoms with Crippen LogP contribution in [0.3, 0.4) is 0 Å². The summed E-state index contributed by atoms with van der Waals surface area (Å²) in [6.45, 7) is 0. The molecule has 0 aliphatic carbocycles. The predicted octanol–water partition coefficient (Wildman–Crippen LogP) is 3.71. The van der Waals surface area contributed by atoms with E-state index < -0.39 is 0 Å². The fraction of sp³-hybridized carbons (Fsp3) is 0.0714. The lowest BCUT2D eigenvalue weighted by Gasteiger charge is -1.99. The Bertz CT molecular complexity index is 761. The highest BCUT2D eigenvalue weighted by Crippen LogP contribution is 2.31. The molecule has 0 saturated carbocycles. The van der Waals surface area contributed by atoms with Crippen molar-refractivity contribution in [2.45, 2.75) is 0 Å². The van der Waals surface area contributed by atoms with E-state index in [1.54, 1.807) is 0 Å². The molecule has 1 N–H and O–H groups in total. The standard InChI is InChI=1S/C14H10INO2/c1-18-14(17)13-12(15)11-9-5-3-2-4-8(9)6-7-10(11)16-13/h2-7,16H,1H3. The molecule has 0 aliphatic rings. The van der Waals surface area contributed by atoms with Crippen molar-refractivity contribution in [3.05, 3.63) is 45.7 Å². The van der Waals surface area contributed by atoms with E-state index in [1.807, 2.05) is 24.3 Å². The smallest absolute Gasteiger partial charge is 0.355 e. The zero-order chi connectivity index (χ0) is 12.7. The minimum absolute atomic E-state index is 0.334. The number of ether oxygens (including phenoxy) is 1. The molecule has 2 aromatic carbocycles. The van der Waals surface area contributed by atoms with Crippen molar-refractivity contribution in [2.24, 2.45) is 0 Å². The van der Waals surface area contributed by atoms with Crippen LogP contribution >= 0.6 is 22.6 Å². The molecule has 0 saturated heterocycles. The van der Waals surface area contributed by atoms with Crippen LogP contribution in [-0.2, 0) is 4.74 Å². The van der Waals surface area contributed by atoms with Gasteiger partial charge in [-0.3, -0.25) is 0 Å². The molecular formula is C14H10INO2. The number of fused-ring (bicyclic) bond motifs is 3. The van der Waals surface area contributed by atoms with Crippen molar-refractivity contribution in [1.82, 2.24) is 4.98 Å². The summed E-state index contributed by atoms with van der Waals surface area (Å²) in [5.74, 6) is -0.334. The molecule has 0 spiro atoms. The zero-order valence-electron chi connectivity index (χ0n) is 9.66. The summed E-state index contributed by atoms with van der Waals surface area (Å²) >= 11 is 2.19. The second-order valence-electron chi connectivity index (χ2n) is 4.01. The Labute approximate surface area is 117 Å². The van der Waals surface area contributed by atoms with Crippen LogP contribution in [0.25, 0.3) is 21.7 Å². The van der Waals surface area contributed by atoms with Gasteiger partial charge in [0.05, 0.1) is 10.7 Å². The molecule has 0 unspecified atom stereocenters. The first-order valence-corrected chi connectivity index (χ1v) is 6.57. The number of nitrogens with one attached hydrogen (secondary N) is 1. The van der Waals surface area contributed by atoms with Crippen molar-refractivity contribution in [3.63, 3.8) is 0 Å². The predicted molar refractivity (Wildman–Crippen MR) is 79.9 cm³/mol. The van der Waals surface area contributed by atoms with E-state index in [-0.39, 0.29) is 5.97 Å². The number of carbonyl (C=O) groups is 1. The number of aromatic nitrogens is 1. The number of benzene rings is 2. The largest absolute Gasteiger partial charge is 0.464 e. The molecule has 0 amide bonds. The van der Waals surface area contributed by atoms with Gasteiger partial charge in [0.15, 0.2) is 0 Å². The maximum absolute atomic E-state index is 11.7. The highest BCUT2D eigenvalue weighted by atomic mass is 127. The van der Waals surface area contributed by atoms with Crippen molar-refractivity contribution < 1.29 is 9.53 Å². The number of esters is 1. The van der Waals surface area contributed by atoms with Crippen molar-refractivity contribution in [1.29, 1.82) is 0 Å². The van der Waals surface area contributed by atoms with Gasteiger partial charge in [-0.25, -0.2) is 4.79 Å². The van der Waals surface area contributed by atoms with Crippen LogP contribution < -0.4 is 0 Å². The third-order valence-corrected chi connectivity index (χ3v) is 4.10. The van der Waals surface area contributed by atoms with E-state index >= 15 is 0 Å². The van der Waals surface area contributed by atoms with E-state index in [0.717, 1.165) is 19.9 Å². The first-order chi connectivity index (χ1) is 8.72. The summed E-state index contributed by atoms with van der Waals surface area (Å²) in [6, 6.07) is 12.2. The molecule has 0 bridgehead atoms. The lowest BCUT2D eigenvalue weighted by atomic mass is 10.1. The van der Waals surface area contributed by atoms with Gasteiger partial charge in [0.2, 0.25) is 0 Å². The number of hydrogen-bond donors (Lipinski definition) is 1. The highest BCUT2D eigenvalue weighted by molar-refractivity contribution is 14.1. The van der Waals surface area contributed by atoms with Crippen molar-refractivity contribution >= 4 is 50.2 Å². The first kappa shape index (κ1) is 11.5. The van der Waals surface area contributed by atoms with Crippen LogP contribution in [0.15, 0.2) is 36.4 Å². The average Bonchev–Trinajstić information content (AvgIpc) is 2.76. The average molecular weight is 351 g/mol. The Morgan fingerprint density at radius 1 is 1.22 bits per heavy atom. The molecule has 3 nitrogen and oxygen atoms in total. The Morgan fingerprint density at radius 2 is 2.00 bits per heavy atom. The van der Waals surface area contributed by atoms with Gasteiger partial charge < -0.3 is 9.72 Å². The topological polar surface area (TPSA) is 42.1 Å². The molecule has 1 heterocycles. The third kappa shape index (κ3) is 1.59. The molecule has 0 radical (unpaired) electrons. The third-order valence-electron chi connectivity index (χ3n) is 3.02. The number of methoxy groups -OCH3 is 1. The normalized spacial score (nSPS) is 11.0. The minimum Gasteiger partial charge on any atom is -0.464 e. The number of aromatic amines is 1. The second-order valence-corrected chi connectivity index (χ2v) is 5.09. The second kappa shape index (κ2) is 4.28. The first-order valence-electron chi connectivity index (χ1n) is 5.49. The number of carbonyl (C=O) groups excluding carboxylic acids is 1. The van der Waals surface area contributed by atoms with E-state index in [9.17, 15) is 4.79 Å². The monoisotopic (exact) mass is 351 g/mol. The van der Waals surface area contributed by atoms with Gasteiger partial charge in [-0.15, -0.1) is 0 Å². The Balaban J connectivity index is 2.44. The number of halogens is 1. The lowest BCUT2D eigenvalue weighted by molar-refractivity contribution is 0.0594. The summed E-state index contributed by atoms with van der Waals surface area (Å²) in [6.07, 6.45) is 0. The quantitative estimate of drug-likeness (QED) is 0.537.